The summed E-state index contributed by atoms with van der Waals surface area (Å²) in [7, 11) is 0. The second kappa shape index (κ2) is 43.5. The van der Waals surface area contributed by atoms with Crippen LogP contribution in [0.5, 0.6) is 23.0 Å². The fraction of sp³-hybridized carbons (Fsp3) is 0.640. The molecule has 0 fully saturated rings. The third kappa shape index (κ3) is 19.7. The van der Waals surface area contributed by atoms with Gasteiger partial charge < -0.3 is 18.9 Å². The fourth-order valence-electron chi connectivity index (χ4n) is 19.0. The first-order valence-corrected chi connectivity index (χ1v) is 46.1. The van der Waals surface area contributed by atoms with E-state index in [0.717, 1.165) is 242 Å². The van der Waals surface area contributed by atoms with E-state index < -0.39 is 0 Å². The van der Waals surface area contributed by atoms with Crippen molar-refractivity contribution in [1.29, 1.82) is 0 Å². The van der Waals surface area contributed by atoms with Gasteiger partial charge in [0.1, 0.15) is 0 Å². The summed E-state index contributed by atoms with van der Waals surface area (Å²) in [6.45, 7) is 20.2. The van der Waals surface area contributed by atoms with E-state index in [1.165, 1.54) is 154 Å². The topological polar surface area (TPSA) is 115 Å². The number of hydrogen-bond donors (Lipinski definition) is 0. The molecule has 2 aromatic heterocycles. The van der Waals surface area contributed by atoms with Gasteiger partial charge in [-0.05, 0) is 165 Å². The van der Waals surface area contributed by atoms with Gasteiger partial charge in [0.05, 0.1) is 26.4 Å². The molecule has 0 aliphatic carbocycles. The number of rotatable bonds is 60. The lowest BCUT2D eigenvalue weighted by molar-refractivity contribution is 0.259. The molecule has 9 aromatic carbocycles. The zero-order valence-electron chi connectivity index (χ0n) is 70.1. The van der Waals surface area contributed by atoms with Crippen LogP contribution in [0, 0.1) is 0 Å². The largest absolute Gasteiger partial charge is 0.490 e. The summed E-state index contributed by atoms with van der Waals surface area (Å²) in [6, 6.07) is 16.8. The Hall–Kier alpha value is -6.68. The Kier molecular flexibility index (Phi) is 33.3. The van der Waals surface area contributed by atoms with Crippen molar-refractivity contribution in [2.24, 2.45) is 0 Å². The van der Waals surface area contributed by atoms with Gasteiger partial charge in [0.15, 0.2) is 23.0 Å². The number of benzene rings is 9. The average Bonchev–Trinajstić information content (AvgIpc) is 0.653. The number of pyridine rings is 2. The van der Waals surface area contributed by atoms with Gasteiger partial charge in [0, 0.05) is 55.2 Å². The minimum absolute atomic E-state index is 0.227. The number of fused-ring (bicyclic) bond motifs is 6. The van der Waals surface area contributed by atoms with Gasteiger partial charge in [0.25, 0.3) is 22.2 Å². The molecule has 0 spiro atoms. The fourth-order valence-corrected chi connectivity index (χ4v) is 19.0. The van der Waals surface area contributed by atoms with Crippen molar-refractivity contribution in [2.75, 3.05) is 26.4 Å². The first-order valence-electron chi connectivity index (χ1n) is 46.1. The van der Waals surface area contributed by atoms with Gasteiger partial charge in [-0.1, -0.05) is 325 Å². The van der Waals surface area contributed by atoms with E-state index in [1.54, 1.807) is 9.13 Å². The molecule has 10 heteroatoms. The molecule has 2 heterocycles. The van der Waals surface area contributed by atoms with E-state index in [9.17, 15) is 0 Å². The summed E-state index contributed by atoms with van der Waals surface area (Å²) < 4.78 is 31.7. The normalized spacial score (nSPS) is 12.9. The molecular formula is C100H142N2O8. The third-order valence-corrected chi connectivity index (χ3v) is 25.3. The molecule has 0 saturated carbocycles. The minimum Gasteiger partial charge on any atom is -0.490 e. The molecule has 0 saturated heterocycles. The van der Waals surface area contributed by atoms with E-state index in [2.05, 4.69) is 104 Å². The first kappa shape index (κ1) is 84.2. The summed E-state index contributed by atoms with van der Waals surface area (Å²) in [5.74, 6) is 2.71. The van der Waals surface area contributed by atoms with Gasteiger partial charge in [0.2, 0.25) is 0 Å². The molecule has 0 bridgehead atoms. The van der Waals surface area contributed by atoms with Crippen LogP contribution in [0.25, 0.3) is 108 Å². The maximum Gasteiger partial charge on any atom is 0.261 e. The van der Waals surface area contributed by atoms with Gasteiger partial charge in [-0.2, -0.15) is 0 Å². The first-order chi connectivity index (χ1) is 54.1. The van der Waals surface area contributed by atoms with Crippen LogP contribution in [0.3, 0.4) is 0 Å². The molecule has 0 aliphatic heterocycles. The SMILES string of the molecule is CCCCCCCCCCCC(CCCC)n1c(=O)c2cc3c4cc(OCCCCCCCC)c(OCCCCCCCC)cc4c4cc5c(=O)n(C(CCCC)CCCCCCCCCCC)c(=O)c6cc7c8cc(OCCCCCCCC)c(OCCCCCCCC)cc8c8cc(c1=O)c2c1c3c4c(c56)c7c81. The number of unbranched alkanes of at least 4 members (excludes halogenated alkanes) is 38. The smallest absolute Gasteiger partial charge is 0.261 e. The number of nitrogens with zero attached hydrogens (tertiary/aromatic N) is 2. The molecule has 600 valence electrons. The van der Waals surface area contributed by atoms with Crippen molar-refractivity contribution in [3.63, 3.8) is 0 Å². The Morgan fingerprint density at radius 1 is 0.200 bits per heavy atom. The minimum atomic E-state index is -0.278. The number of ether oxygens (including phenoxy) is 4. The number of aromatic nitrogens is 2. The zero-order valence-corrected chi connectivity index (χ0v) is 70.1. The van der Waals surface area contributed by atoms with E-state index in [-0.39, 0.29) is 34.3 Å². The van der Waals surface area contributed by atoms with Gasteiger partial charge in [-0.25, -0.2) is 0 Å². The highest BCUT2D eigenvalue weighted by atomic mass is 16.5. The summed E-state index contributed by atoms with van der Waals surface area (Å²) in [5, 5.41) is 16.3. The maximum absolute atomic E-state index is 16.5. The second-order valence-electron chi connectivity index (χ2n) is 33.8. The highest BCUT2D eigenvalue weighted by Gasteiger charge is 2.34. The zero-order chi connectivity index (χ0) is 77.1. The highest BCUT2D eigenvalue weighted by Crippen LogP contribution is 2.57. The Bertz CT molecular complexity index is 4270. The molecular weight excluding hydrogens is 1360 g/mol. The van der Waals surface area contributed by atoms with Gasteiger partial charge >= 0.3 is 0 Å². The lowest BCUT2D eigenvalue weighted by atomic mass is 9.77. The summed E-state index contributed by atoms with van der Waals surface area (Å²) in [6.07, 6.45) is 55.4. The Morgan fingerprint density at radius 3 is 0.609 bits per heavy atom. The molecule has 10 nitrogen and oxygen atoms in total. The number of hydrogen-bond acceptors (Lipinski definition) is 8. The van der Waals surface area contributed by atoms with E-state index >= 15 is 19.2 Å². The predicted octanol–water partition coefficient (Wildman–Crippen LogP) is 29.7. The van der Waals surface area contributed by atoms with Crippen LogP contribution in [0.2, 0.25) is 0 Å². The average molecular weight is 1500 g/mol. The van der Waals surface area contributed by atoms with Crippen molar-refractivity contribution in [3.05, 3.63) is 89.9 Å². The van der Waals surface area contributed by atoms with Crippen LogP contribution in [0.4, 0.5) is 0 Å². The standard InChI is InChI=1S/C100H142N2O8/c1-9-17-25-31-37-39-41-43-49-57-71(55-23-15-7)101-97(103)81-63-77-73-67-85(107-59-51-45-33-27-19-11-3)87(109-61-53-47-35-29-21-13-5)69-75(73)79-65-83-90-84(100(106)102(99(83)105)72(56-24-16-8)58-50-44-42-40-38-32-26-18-10-2)66-80-76-70-88(110-62-54-48-36-30-22-14-6)86(108-60-52-46-34-28-20-12-4)68-74(76)78-64-82(98(101)104)89(81)95-91(77)93(79)96(90)94(80)92(78)95/h63-72H,9-62H2,1-8H3. The maximum atomic E-state index is 16.5. The lowest BCUT2D eigenvalue weighted by Gasteiger charge is -2.28. The summed E-state index contributed by atoms with van der Waals surface area (Å²) in [5.41, 5.74) is -0.910. The molecule has 11 rings (SSSR count). The molecule has 0 aliphatic rings. The van der Waals surface area contributed by atoms with Crippen molar-refractivity contribution in [1.82, 2.24) is 9.13 Å². The summed E-state index contributed by atoms with van der Waals surface area (Å²) >= 11 is 0. The third-order valence-electron chi connectivity index (χ3n) is 25.3. The molecule has 0 radical (unpaired) electrons. The van der Waals surface area contributed by atoms with Crippen LogP contribution < -0.4 is 41.2 Å². The van der Waals surface area contributed by atoms with Crippen LogP contribution in [-0.2, 0) is 0 Å². The van der Waals surface area contributed by atoms with Crippen molar-refractivity contribution in [2.45, 2.75) is 389 Å². The molecule has 2 unspecified atom stereocenters. The van der Waals surface area contributed by atoms with Crippen molar-refractivity contribution < 1.29 is 18.9 Å². The highest BCUT2D eigenvalue weighted by molar-refractivity contribution is 6.54. The summed E-state index contributed by atoms with van der Waals surface area (Å²) in [4.78, 5) is 66.2. The Labute approximate surface area is 659 Å². The van der Waals surface area contributed by atoms with Crippen LogP contribution in [0.15, 0.2) is 67.7 Å². The van der Waals surface area contributed by atoms with Crippen molar-refractivity contribution >= 4 is 108 Å². The molecule has 0 amide bonds. The van der Waals surface area contributed by atoms with E-state index in [4.69, 9.17) is 18.9 Å². The van der Waals surface area contributed by atoms with Crippen LogP contribution >= 0.6 is 0 Å². The van der Waals surface area contributed by atoms with E-state index in [0.29, 0.717) is 81.7 Å². The predicted molar refractivity (Wildman–Crippen MR) is 475 cm³/mol. The van der Waals surface area contributed by atoms with Crippen molar-refractivity contribution in [3.8, 4) is 23.0 Å². The van der Waals surface area contributed by atoms with E-state index in [1.807, 2.05) is 0 Å². The van der Waals surface area contributed by atoms with Crippen LogP contribution in [-0.4, -0.2) is 35.6 Å². The lowest BCUT2D eigenvalue weighted by Crippen LogP contribution is -2.37. The quantitative estimate of drug-likeness (QED) is 0.0210. The monoisotopic (exact) mass is 1500 g/mol. The van der Waals surface area contributed by atoms with Gasteiger partial charge in [-0.15, -0.1) is 0 Å². The molecule has 11 aromatic rings. The second-order valence-corrected chi connectivity index (χ2v) is 33.8. The Balaban J connectivity index is 1.23. The van der Waals surface area contributed by atoms with Gasteiger partial charge in [-0.3, -0.25) is 28.3 Å². The molecule has 0 N–H and O–H groups in total. The Morgan fingerprint density at radius 2 is 0.391 bits per heavy atom. The molecule has 110 heavy (non-hydrogen) atoms. The van der Waals surface area contributed by atoms with Crippen LogP contribution in [0.1, 0.15) is 389 Å². The molecule has 2 atom stereocenters.